The van der Waals surface area contributed by atoms with Gasteiger partial charge in [0.05, 0.1) is 12.2 Å². The molecule has 0 unspecified atom stereocenters. The molecule has 0 aromatic heterocycles. The van der Waals surface area contributed by atoms with Crippen LogP contribution in [0.15, 0.2) is 72.8 Å². The third-order valence-corrected chi connectivity index (χ3v) is 4.42. The molecule has 3 N–H and O–H groups in total. The van der Waals surface area contributed by atoms with Crippen molar-refractivity contribution < 1.29 is 24.0 Å². The maximum Gasteiger partial charge on any atom is 0.277 e. The maximum absolute atomic E-state index is 13.1. The Morgan fingerprint density at radius 2 is 1.14 bits per heavy atom. The van der Waals surface area contributed by atoms with Crippen molar-refractivity contribution in [2.75, 3.05) is 4.90 Å². The highest BCUT2D eigenvalue weighted by Crippen LogP contribution is 2.22. The molecule has 0 amide bonds. The Bertz CT molecular complexity index is 935. The highest BCUT2D eigenvalue weighted by molar-refractivity contribution is 7.82. The Balaban J connectivity index is 1.87. The second kappa shape index (κ2) is 9.51. The molecular formula is C21H17F2N2O2S2+. The molecule has 0 bridgehead atoms. The predicted molar refractivity (Wildman–Crippen MR) is 115 cm³/mol. The number of quaternary nitrogens is 1. The van der Waals surface area contributed by atoms with Crippen molar-refractivity contribution in [3.8, 4) is 11.5 Å². The number of benzene rings is 3. The fourth-order valence-electron chi connectivity index (χ4n) is 2.40. The second-order valence-electron chi connectivity index (χ2n) is 5.90. The summed E-state index contributed by atoms with van der Waals surface area (Å²) in [6.45, 7) is 0.632. The van der Waals surface area contributed by atoms with Crippen molar-refractivity contribution in [2.45, 2.75) is 6.54 Å². The minimum absolute atomic E-state index is 0.00825. The molecule has 0 heterocycles. The first-order valence-electron chi connectivity index (χ1n) is 8.59. The number of anilines is 1. The van der Waals surface area contributed by atoms with Crippen LogP contribution in [0.1, 0.15) is 5.56 Å². The lowest BCUT2D eigenvalue weighted by atomic mass is 10.2. The summed E-state index contributed by atoms with van der Waals surface area (Å²) >= 11 is 10.8. The van der Waals surface area contributed by atoms with Gasteiger partial charge in [0, 0.05) is 5.56 Å². The van der Waals surface area contributed by atoms with E-state index in [1.165, 1.54) is 53.4 Å². The first kappa shape index (κ1) is 20.8. The molecular weight excluding hydrogens is 414 g/mol. The van der Waals surface area contributed by atoms with Crippen LogP contribution in [0.25, 0.3) is 0 Å². The van der Waals surface area contributed by atoms with E-state index in [0.717, 1.165) is 5.56 Å². The maximum atomic E-state index is 13.1. The van der Waals surface area contributed by atoms with Gasteiger partial charge in [0.1, 0.15) is 23.1 Å². The van der Waals surface area contributed by atoms with Gasteiger partial charge < -0.3 is 15.2 Å². The molecule has 0 saturated carbocycles. The van der Waals surface area contributed by atoms with Crippen LogP contribution in [0.5, 0.6) is 11.5 Å². The quantitative estimate of drug-likeness (QED) is 0.626. The molecule has 8 heteroatoms. The van der Waals surface area contributed by atoms with Crippen LogP contribution in [0, 0.1) is 11.6 Å². The zero-order valence-corrected chi connectivity index (χ0v) is 16.8. The molecule has 0 aliphatic heterocycles. The van der Waals surface area contributed by atoms with Gasteiger partial charge in [-0.25, -0.2) is 13.7 Å². The minimum atomic E-state index is -0.390. The second-order valence-corrected chi connectivity index (χ2v) is 6.59. The van der Waals surface area contributed by atoms with E-state index in [4.69, 9.17) is 33.9 Å². The fourth-order valence-corrected chi connectivity index (χ4v) is 3.02. The number of rotatable bonds is 4. The number of thiocarbonyl (C=S) groups is 2. The number of hydrogen-bond acceptors (Lipinski definition) is 4. The van der Waals surface area contributed by atoms with Crippen LogP contribution >= 0.6 is 24.4 Å². The van der Waals surface area contributed by atoms with Gasteiger partial charge in [-0.2, -0.15) is 0 Å². The monoisotopic (exact) mass is 431 g/mol. The molecule has 3 rings (SSSR count). The lowest BCUT2D eigenvalue weighted by Gasteiger charge is -2.25. The Morgan fingerprint density at radius 1 is 0.724 bits per heavy atom. The summed E-state index contributed by atoms with van der Waals surface area (Å²) in [6, 6.07) is 18.2. The Kier molecular flexibility index (Phi) is 6.82. The van der Waals surface area contributed by atoms with Crippen molar-refractivity contribution in [3.05, 3.63) is 90.0 Å². The minimum Gasteiger partial charge on any atom is -0.431 e. The highest BCUT2D eigenvalue weighted by atomic mass is 32.1. The summed E-state index contributed by atoms with van der Waals surface area (Å²) in [4.78, 5) is 1.42. The Morgan fingerprint density at radius 3 is 1.52 bits per heavy atom. The molecule has 0 aliphatic rings. The predicted octanol–water partition coefficient (Wildman–Crippen LogP) is 4.24. The van der Waals surface area contributed by atoms with Crippen molar-refractivity contribution in [1.82, 2.24) is 0 Å². The molecule has 3 aromatic rings. The smallest absolute Gasteiger partial charge is 0.277 e. The summed E-state index contributed by atoms with van der Waals surface area (Å²) in [5, 5.41) is -0.0165. The van der Waals surface area contributed by atoms with Crippen molar-refractivity contribution in [1.29, 1.82) is 0 Å². The molecule has 29 heavy (non-hydrogen) atoms. The van der Waals surface area contributed by atoms with E-state index < -0.39 is 0 Å². The van der Waals surface area contributed by atoms with Gasteiger partial charge in [-0.1, -0.05) is 12.1 Å². The standard InChI is InChI=1S/C21H16F2N2O2S2/c22-15-3-9-18(10-4-15)26-20(28)25(17-7-1-14(13-24)2-8-17)21(29)27-19-11-5-16(23)6-12-19/h1-12H,13,24H2/p+1. The molecule has 148 valence electrons. The van der Waals surface area contributed by atoms with E-state index >= 15 is 0 Å². The summed E-state index contributed by atoms with van der Waals surface area (Å²) in [6.07, 6.45) is 0. The van der Waals surface area contributed by atoms with E-state index in [-0.39, 0.29) is 22.0 Å². The molecule has 4 nitrogen and oxygen atoms in total. The molecule has 0 saturated heterocycles. The van der Waals surface area contributed by atoms with Crippen LogP contribution in [0.3, 0.4) is 0 Å². The van der Waals surface area contributed by atoms with Crippen molar-refractivity contribution >= 4 is 40.5 Å². The van der Waals surface area contributed by atoms with Crippen LogP contribution < -0.4 is 20.1 Å². The molecule has 0 atom stereocenters. The SMILES string of the molecule is [NH3+]Cc1ccc(N(C(=S)Oc2ccc(F)cc2)C(=S)Oc2ccc(F)cc2)cc1. The van der Waals surface area contributed by atoms with Crippen molar-refractivity contribution in [3.63, 3.8) is 0 Å². The van der Waals surface area contributed by atoms with Gasteiger partial charge in [-0.05, 0) is 85.1 Å². The van der Waals surface area contributed by atoms with Crippen LogP contribution in [-0.4, -0.2) is 10.3 Å². The number of ether oxygens (including phenoxy) is 2. The van der Waals surface area contributed by atoms with Crippen LogP contribution in [0.4, 0.5) is 14.5 Å². The molecule has 0 spiro atoms. The summed E-state index contributed by atoms with van der Waals surface area (Å²) < 4.78 is 37.6. The van der Waals surface area contributed by atoms with Crippen molar-refractivity contribution in [2.24, 2.45) is 0 Å². The van der Waals surface area contributed by atoms with Gasteiger partial charge in [0.2, 0.25) is 0 Å². The molecule has 0 aliphatic carbocycles. The first-order chi connectivity index (χ1) is 14.0. The lowest BCUT2D eigenvalue weighted by molar-refractivity contribution is -0.386. The summed E-state index contributed by atoms with van der Waals surface area (Å²) in [7, 11) is 0. The number of nitrogens with zero attached hydrogens (tertiary/aromatic N) is 1. The summed E-state index contributed by atoms with van der Waals surface area (Å²) in [5.74, 6) is -0.0844. The number of hydrogen-bond donors (Lipinski definition) is 1. The van der Waals surface area contributed by atoms with E-state index in [9.17, 15) is 8.78 Å². The van der Waals surface area contributed by atoms with Gasteiger partial charge >= 0.3 is 0 Å². The normalized spacial score (nSPS) is 10.3. The third-order valence-electron chi connectivity index (χ3n) is 3.89. The largest absolute Gasteiger partial charge is 0.431 e. The van der Waals surface area contributed by atoms with E-state index in [1.54, 1.807) is 12.1 Å². The van der Waals surface area contributed by atoms with E-state index in [2.05, 4.69) is 5.73 Å². The molecule has 0 radical (unpaired) electrons. The molecule has 0 fully saturated rings. The average molecular weight is 432 g/mol. The van der Waals surface area contributed by atoms with Gasteiger partial charge in [-0.15, -0.1) is 0 Å². The Hall–Kier alpha value is -2.94. The topological polar surface area (TPSA) is 49.3 Å². The van der Waals surface area contributed by atoms with Crippen LogP contribution in [-0.2, 0) is 6.54 Å². The summed E-state index contributed by atoms with van der Waals surface area (Å²) in [5.41, 5.74) is 5.50. The average Bonchev–Trinajstić information content (AvgIpc) is 2.72. The highest BCUT2D eigenvalue weighted by Gasteiger charge is 2.21. The van der Waals surface area contributed by atoms with E-state index in [1.807, 2.05) is 12.1 Å². The zero-order chi connectivity index (χ0) is 20.8. The van der Waals surface area contributed by atoms with E-state index in [0.29, 0.717) is 23.7 Å². The third kappa shape index (κ3) is 5.54. The lowest BCUT2D eigenvalue weighted by Crippen LogP contribution is -2.47. The first-order valence-corrected chi connectivity index (χ1v) is 9.41. The van der Waals surface area contributed by atoms with Crippen LogP contribution in [0.2, 0.25) is 0 Å². The number of halogens is 2. The fraction of sp³-hybridized carbons (Fsp3) is 0.0476. The van der Waals surface area contributed by atoms with Gasteiger partial charge in [-0.3, -0.25) is 0 Å². The Labute approximate surface area is 177 Å². The van der Waals surface area contributed by atoms with Gasteiger partial charge in [0.25, 0.3) is 10.3 Å². The van der Waals surface area contributed by atoms with Gasteiger partial charge in [0.15, 0.2) is 0 Å². The molecule has 3 aromatic carbocycles. The zero-order valence-electron chi connectivity index (χ0n) is 15.2.